The number of nitrogens with one attached hydrogen (secondary N) is 1. The van der Waals surface area contributed by atoms with E-state index in [-0.39, 0.29) is 11.9 Å². The van der Waals surface area contributed by atoms with Crippen LogP contribution in [0.2, 0.25) is 0 Å². The molecule has 0 aliphatic carbocycles. The number of aromatic nitrogens is 1. The van der Waals surface area contributed by atoms with Crippen molar-refractivity contribution < 1.29 is 4.79 Å². The first-order valence-electron chi connectivity index (χ1n) is 6.43. The van der Waals surface area contributed by atoms with E-state index in [4.69, 9.17) is 5.73 Å². The summed E-state index contributed by atoms with van der Waals surface area (Å²) >= 11 is 1.31. The van der Waals surface area contributed by atoms with Gasteiger partial charge in [-0.1, -0.05) is 24.3 Å². The molecule has 0 atom stereocenters. The number of thiazole rings is 1. The summed E-state index contributed by atoms with van der Waals surface area (Å²) in [4.78, 5) is 18.8. The lowest BCUT2D eigenvalue weighted by atomic mass is 10.3. The molecule has 1 aromatic rings. The van der Waals surface area contributed by atoms with Crippen molar-refractivity contribution in [3.63, 3.8) is 0 Å². The van der Waals surface area contributed by atoms with Crippen LogP contribution in [-0.4, -0.2) is 34.9 Å². The lowest BCUT2D eigenvalue weighted by Crippen LogP contribution is -2.36. The Bertz CT molecular complexity index is 442. The second-order valence-electron chi connectivity index (χ2n) is 4.50. The van der Waals surface area contributed by atoms with E-state index in [1.54, 1.807) is 11.0 Å². The molecule has 0 aromatic carbocycles. The summed E-state index contributed by atoms with van der Waals surface area (Å²) in [5.74, 6) is 0.206. The molecular weight excluding hydrogens is 260 g/mol. The molecule has 0 fully saturated rings. The Morgan fingerprint density at radius 1 is 1.63 bits per heavy atom. The number of hydrogen-bond acceptors (Lipinski definition) is 5. The van der Waals surface area contributed by atoms with E-state index < -0.39 is 0 Å². The normalized spacial score (nSPS) is 10.5. The Balaban J connectivity index is 2.91. The number of carbonyl (C=O) groups is 1. The molecule has 0 radical (unpaired) electrons. The number of carbonyl (C=O) groups excluding carboxylic acids is 1. The van der Waals surface area contributed by atoms with Crippen molar-refractivity contribution in [3.8, 4) is 0 Å². The van der Waals surface area contributed by atoms with E-state index >= 15 is 0 Å². The summed E-state index contributed by atoms with van der Waals surface area (Å²) in [6, 6.07) is 0.0963. The van der Waals surface area contributed by atoms with Crippen LogP contribution < -0.4 is 11.1 Å². The van der Waals surface area contributed by atoms with Gasteiger partial charge in [0.1, 0.15) is 10.7 Å². The highest BCUT2D eigenvalue weighted by atomic mass is 32.1. The van der Waals surface area contributed by atoms with Gasteiger partial charge in [0, 0.05) is 19.1 Å². The monoisotopic (exact) mass is 282 g/mol. The van der Waals surface area contributed by atoms with E-state index in [0.717, 1.165) is 13.0 Å². The average Bonchev–Trinajstić information content (AvgIpc) is 2.73. The molecule has 6 heteroatoms. The van der Waals surface area contributed by atoms with Crippen molar-refractivity contribution >= 4 is 28.2 Å². The number of nitrogens with zero attached hydrogens (tertiary/aromatic N) is 2. The Labute approximate surface area is 118 Å². The summed E-state index contributed by atoms with van der Waals surface area (Å²) < 4.78 is 0. The highest BCUT2D eigenvalue weighted by Gasteiger charge is 2.23. The van der Waals surface area contributed by atoms with Crippen LogP contribution in [0.25, 0.3) is 0 Å². The maximum Gasteiger partial charge on any atom is 0.268 e. The molecule has 1 heterocycles. The Hall–Kier alpha value is -1.56. The number of nitrogen functional groups attached to an aromatic ring is 1. The molecule has 3 N–H and O–H groups in total. The van der Waals surface area contributed by atoms with Gasteiger partial charge in [0.15, 0.2) is 5.13 Å². The summed E-state index contributed by atoms with van der Waals surface area (Å²) in [6.45, 7) is 11.0. The summed E-state index contributed by atoms with van der Waals surface area (Å²) in [5, 5.41) is 3.85. The lowest BCUT2D eigenvalue weighted by Gasteiger charge is -2.24. The molecule has 0 bridgehead atoms. The molecule has 0 spiro atoms. The number of hydrogen-bond donors (Lipinski definition) is 2. The number of amides is 1. The zero-order valence-corrected chi connectivity index (χ0v) is 12.6. The third-order valence-electron chi connectivity index (χ3n) is 2.58. The van der Waals surface area contributed by atoms with Crippen molar-refractivity contribution in [3.05, 3.63) is 17.5 Å². The molecule has 1 amide bonds. The van der Waals surface area contributed by atoms with Crippen LogP contribution in [0.15, 0.2) is 12.7 Å². The minimum Gasteiger partial charge on any atom is -0.382 e. The molecule has 0 aliphatic heterocycles. The first kappa shape index (κ1) is 15.5. The number of anilines is 2. The Morgan fingerprint density at radius 2 is 2.32 bits per heavy atom. The van der Waals surface area contributed by atoms with Crippen molar-refractivity contribution in [1.29, 1.82) is 0 Å². The fourth-order valence-corrected chi connectivity index (χ4v) is 2.46. The fraction of sp³-hybridized carbons (Fsp3) is 0.538. The van der Waals surface area contributed by atoms with E-state index in [1.165, 1.54) is 11.3 Å². The van der Waals surface area contributed by atoms with Gasteiger partial charge in [0.2, 0.25) is 0 Å². The van der Waals surface area contributed by atoms with Gasteiger partial charge in [-0.2, -0.15) is 0 Å². The quantitative estimate of drug-likeness (QED) is 0.754. The number of rotatable bonds is 7. The van der Waals surface area contributed by atoms with Crippen LogP contribution in [0.5, 0.6) is 0 Å². The minimum atomic E-state index is -0.0885. The van der Waals surface area contributed by atoms with Crippen LogP contribution in [0.4, 0.5) is 10.9 Å². The lowest BCUT2D eigenvalue weighted by molar-refractivity contribution is 0.0734. The van der Waals surface area contributed by atoms with Crippen LogP contribution in [0.3, 0.4) is 0 Å². The van der Waals surface area contributed by atoms with Gasteiger partial charge in [-0.05, 0) is 20.3 Å². The third kappa shape index (κ3) is 3.96. The summed E-state index contributed by atoms with van der Waals surface area (Å²) in [6.07, 6.45) is 2.71. The Kier molecular flexibility index (Phi) is 5.82. The van der Waals surface area contributed by atoms with Gasteiger partial charge >= 0.3 is 0 Å². The average molecular weight is 282 g/mol. The van der Waals surface area contributed by atoms with E-state index in [1.807, 2.05) is 13.8 Å². The van der Waals surface area contributed by atoms with Crippen LogP contribution >= 0.6 is 11.3 Å². The Morgan fingerprint density at radius 3 is 2.84 bits per heavy atom. The highest BCUT2D eigenvalue weighted by Crippen LogP contribution is 2.26. The van der Waals surface area contributed by atoms with Gasteiger partial charge < -0.3 is 16.0 Å². The van der Waals surface area contributed by atoms with Crippen molar-refractivity contribution in [2.24, 2.45) is 0 Å². The van der Waals surface area contributed by atoms with Crippen molar-refractivity contribution in [2.75, 3.05) is 24.1 Å². The molecule has 0 unspecified atom stereocenters. The first-order chi connectivity index (χ1) is 9.01. The number of nitrogens with two attached hydrogens (primary N) is 1. The minimum absolute atomic E-state index is 0.0885. The topological polar surface area (TPSA) is 71.2 Å². The van der Waals surface area contributed by atoms with Crippen molar-refractivity contribution in [2.45, 2.75) is 33.2 Å². The summed E-state index contributed by atoms with van der Waals surface area (Å²) in [5.41, 5.74) is 5.83. The molecule has 19 heavy (non-hydrogen) atoms. The predicted octanol–water partition coefficient (Wildman–Crippen LogP) is 2.58. The van der Waals surface area contributed by atoms with E-state index in [0.29, 0.717) is 22.4 Å². The van der Waals surface area contributed by atoms with Crippen LogP contribution in [0.1, 0.15) is 36.9 Å². The molecule has 1 aromatic heterocycles. The standard InChI is InChI=1S/C13H22N4OS/c1-5-7-15-13-16-11(14)10(19-13)12(18)17(8-6-2)9(3)4/h6,9H,2,5,7-8,14H2,1,3-4H3,(H,15,16). The largest absolute Gasteiger partial charge is 0.382 e. The SMILES string of the molecule is C=CCN(C(=O)c1sc(NCCC)nc1N)C(C)C. The van der Waals surface area contributed by atoms with E-state index in [9.17, 15) is 4.79 Å². The maximum atomic E-state index is 12.4. The van der Waals surface area contributed by atoms with Crippen LogP contribution in [0, 0.1) is 0 Å². The first-order valence-corrected chi connectivity index (χ1v) is 7.24. The third-order valence-corrected chi connectivity index (χ3v) is 3.60. The zero-order chi connectivity index (χ0) is 14.4. The van der Waals surface area contributed by atoms with E-state index in [2.05, 4.69) is 23.8 Å². The molecule has 0 saturated heterocycles. The smallest absolute Gasteiger partial charge is 0.268 e. The van der Waals surface area contributed by atoms with Crippen molar-refractivity contribution in [1.82, 2.24) is 9.88 Å². The molecular formula is C13H22N4OS. The maximum absolute atomic E-state index is 12.4. The molecule has 1 rings (SSSR count). The highest BCUT2D eigenvalue weighted by molar-refractivity contribution is 7.18. The second-order valence-corrected chi connectivity index (χ2v) is 5.50. The second kappa shape index (κ2) is 7.13. The zero-order valence-electron chi connectivity index (χ0n) is 11.8. The van der Waals surface area contributed by atoms with Crippen LogP contribution in [-0.2, 0) is 0 Å². The molecule has 0 saturated carbocycles. The van der Waals surface area contributed by atoms with Gasteiger partial charge in [-0.25, -0.2) is 4.98 Å². The van der Waals surface area contributed by atoms with Gasteiger partial charge in [-0.3, -0.25) is 4.79 Å². The van der Waals surface area contributed by atoms with Gasteiger partial charge in [0.25, 0.3) is 5.91 Å². The fourth-order valence-electron chi connectivity index (χ4n) is 1.59. The molecule has 5 nitrogen and oxygen atoms in total. The molecule has 106 valence electrons. The van der Waals surface area contributed by atoms with Gasteiger partial charge in [-0.15, -0.1) is 6.58 Å². The summed E-state index contributed by atoms with van der Waals surface area (Å²) in [7, 11) is 0. The van der Waals surface area contributed by atoms with Gasteiger partial charge in [0.05, 0.1) is 0 Å². The predicted molar refractivity (Wildman–Crippen MR) is 81.7 cm³/mol. The molecule has 0 aliphatic rings.